The first-order chi connectivity index (χ1) is 18.3. The number of carbonyl (C=O) groups is 3. The number of thiazole rings is 1. The minimum atomic E-state index is -0.462. The third-order valence-electron chi connectivity index (χ3n) is 6.34. The largest absolute Gasteiger partial charge is 0.357 e. The first kappa shape index (κ1) is 25.3. The smallest absolute Gasteiger partial charge is 0.278 e. The summed E-state index contributed by atoms with van der Waals surface area (Å²) in [4.78, 5) is 47.2. The van der Waals surface area contributed by atoms with Crippen molar-refractivity contribution in [2.75, 3.05) is 11.9 Å². The van der Waals surface area contributed by atoms with Gasteiger partial charge in [-0.25, -0.2) is 9.37 Å². The number of ketones is 1. The van der Waals surface area contributed by atoms with Gasteiger partial charge in [-0.2, -0.15) is 5.10 Å². The van der Waals surface area contributed by atoms with E-state index in [9.17, 15) is 18.8 Å². The maximum absolute atomic E-state index is 13.5. The fourth-order valence-corrected chi connectivity index (χ4v) is 5.30. The molecule has 2 amide bonds. The lowest BCUT2D eigenvalue weighted by Crippen LogP contribution is -2.38. The third kappa shape index (κ3) is 5.18. The number of benzene rings is 1. The van der Waals surface area contributed by atoms with Gasteiger partial charge in [0.05, 0.1) is 25.2 Å². The Morgan fingerprint density at radius 3 is 2.76 bits per heavy atom. The van der Waals surface area contributed by atoms with E-state index in [0.29, 0.717) is 35.2 Å². The van der Waals surface area contributed by atoms with Crippen molar-refractivity contribution in [1.29, 1.82) is 0 Å². The molecule has 1 aliphatic rings. The number of halogens is 1. The van der Waals surface area contributed by atoms with Crippen LogP contribution in [0, 0.1) is 5.82 Å². The van der Waals surface area contributed by atoms with E-state index in [1.54, 1.807) is 45.4 Å². The molecule has 4 aromatic rings. The number of nitrogens with zero attached hydrogens (tertiary/aromatic N) is 4. The number of rotatable bonds is 8. The van der Waals surface area contributed by atoms with Crippen molar-refractivity contribution in [1.82, 2.24) is 24.6 Å². The molecule has 0 unspecified atom stereocenters. The monoisotopic (exact) mass is 532 g/mol. The van der Waals surface area contributed by atoms with E-state index in [2.05, 4.69) is 27.0 Å². The summed E-state index contributed by atoms with van der Waals surface area (Å²) in [6, 6.07) is 9.60. The Bertz CT molecular complexity index is 1510. The fourth-order valence-electron chi connectivity index (χ4n) is 4.60. The Balaban J connectivity index is 1.47. The van der Waals surface area contributed by atoms with E-state index in [1.165, 1.54) is 29.5 Å². The molecule has 0 fully saturated rings. The van der Waals surface area contributed by atoms with Crippen LogP contribution in [0.25, 0.3) is 0 Å². The summed E-state index contributed by atoms with van der Waals surface area (Å²) in [7, 11) is 0. The quantitative estimate of drug-likeness (QED) is 0.331. The third-order valence-corrected chi connectivity index (χ3v) is 7.14. The van der Waals surface area contributed by atoms with Crippen molar-refractivity contribution >= 4 is 34.1 Å². The van der Waals surface area contributed by atoms with E-state index in [1.807, 2.05) is 6.92 Å². The number of amides is 2. The van der Waals surface area contributed by atoms with Crippen molar-refractivity contribution in [3.05, 3.63) is 100 Å². The van der Waals surface area contributed by atoms with Gasteiger partial charge in [-0.1, -0.05) is 25.6 Å². The number of anilines is 1. The van der Waals surface area contributed by atoms with Gasteiger partial charge in [0.1, 0.15) is 11.5 Å². The van der Waals surface area contributed by atoms with E-state index in [4.69, 9.17) is 0 Å². The number of carbonyl (C=O) groups excluding carboxylic acids is 3. The number of fused-ring (bicyclic) bond motifs is 1. The predicted molar refractivity (Wildman–Crippen MR) is 141 cm³/mol. The molecule has 9 nitrogen and oxygen atoms in total. The number of aromatic amines is 1. The van der Waals surface area contributed by atoms with Gasteiger partial charge in [-0.3, -0.25) is 24.4 Å². The van der Waals surface area contributed by atoms with Gasteiger partial charge < -0.3 is 9.88 Å². The van der Waals surface area contributed by atoms with Gasteiger partial charge in [0.2, 0.25) is 0 Å². The predicted octanol–water partition coefficient (Wildman–Crippen LogP) is 4.16. The Kier molecular flexibility index (Phi) is 7.01. The lowest BCUT2D eigenvalue weighted by Gasteiger charge is -2.32. The van der Waals surface area contributed by atoms with Crippen molar-refractivity contribution in [2.45, 2.75) is 32.4 Å². The molecule has 1 aliphatic heterocycles. The zero-order valence-corrected chi connectivity index (χ0v) is 21.4. The standard InChI is InChI=1S/C27H25FN6O3S/c1-3-20(35)11-19-15-38-27(30-19)31-25(36)23-21-14-33(26(37)22-5-4-10-29-22)12-16(2)24(21)34(32-23)13-17-6-8-18(28)9-7-17/h3-10,15-16,29H,1,11-14H2,2H3,(H,30,31,36)/t16-/m1/s1. The molecule has 11 heteroatoms. The summed E-state index contributed by atoms with van der Waals surface area (Å²) in [5.74, 6) is -1.23. The van der Waals surface area contributed by atoms with Crippen LogP contribution in [0.2, 0.25) is 0 Å². The molecule has 38 heavy (non-hydrogen) atoms. The lowest BCUT2D eigenvalue weighted by molar-refractivity contribution is -0.114. The van der Waals surface area contributed by atoms with E-state index >= 15 is 0 Å². The van der Waals surface area contributed by atoms with Crippen LogP contribution < -0.4 is 5.32 Å². The second-order valence-corrected chi connectivity index (χ2v) is 9.97. The highest BCUT2D eigenvalue weighted by molar-refractivity contribution is 7.14. The number of allylic oxidation sites excluding steroid dienone is 1. The number of nitrogens with one attached hydrogen (secondary N) is 2. The first-order valence-corrected chi connectivity index (χ1v) is 12.9. The summed E-state index contributed by atoms with van der Waals surface area (Å²) < 4.78 is 15.2. The average molecular weight is 533 g/mol. The SMILES string of the molecule is C=CC(=O)Cc1csc(NC(=O)c2nn(Cc3ccc(F)cc3)c3c2CN(C(=O)c2ccc[nH]2)C[C@H]3C)n1. The average Bonchev–Trinajstić information content (AvgIpc) is 3.66. The Morgan fingerprint density at radius 1 is 1.26 bits per heavy atom. The van der Waals surface area contributed by atoms with E-state index < -0.39 is 5.91 Å². The van der Waals surface area contributed by atoms with Gasteiger partial charge >= 0.3 is 0 Å². The molecule has 5 rings (SSSR count). The fraction of sp³-hybridized carbons (Fsp3) is 0.222. The normalized spacial score (nSPS) is 14.7. The summed E-state index contributed by atoms with van der Waals surface area (Å²) in [5, 5.41) is 9.49. The highest BCUT2D eigenvalue weighted by atomic mass is 32.1. The van der Waals surface area contributed by atoms with Crippen LogP contribution in [0.15, 0.2) is 60.6 Å². The molecule has 2 N–H and O–H groups in total. The molecule has 0 saturated heterocycles. The summed E-state index contributed by atoms with van der Waals surface area (Å²) in [6.45, 7) is 6.46. The summed E-state index contributed by atoms with van der Waals surface area (Å²) in [6.07, 6.45) is 3.03. The van der Waals surface area contributed by atoms with Crippen LogP contribution in [-0.4, -0.2) is 48.8 Å². The minimum absolute atomic E-state index is 0.102. The van der Waals surface area contributed by atoms with E-state index in [0.717, 1.165) is 11.3 Å². The van der Waals surface area contributed by atoms with Gasteiger partial charge in [0, 0.05) is 35.3 Å². The van der Waals surface area contributed by atoms with Gasteiger partial charge in [0.25, 0.3) is 11.8 Å². The van der Waals surface area contributed by atoms with Crippen molar-refractivity contribution < 1.29 is 18.8 Å². The van der Waals surface area contributed by atoms with Crippen LogP contribution in [0.1, 0.15) is 56.3 Å². The van der Waals surface area contributed by atoms with Crippen LogP contribution in [0.3, 0.4) is 0 Å². The molecule has 0 bridgehead atoms. The summed E-state index contributed by atoms with van der Waals surface area (Å²) >= 11 is 1.21. The van der Waals surface area contributed by atoms with Crippen LogP contribution in [-0.2, 0) is 24.3 Å². The Labute approximate surface area is 222 Å². The zero-order valence-electron chi connectivity index (χ0n) is 20.6. The van der Waals surface area contributed by atoms with Crippen molar-refractivity contribution in [3.8, 4) is 0 Å². The van der Waals surface area contributed by atoms with Crippen molar-refractivity contribution in [3.63, 3.8) is 0 Å². The minimum Gasteiger partial charge on any atom is -0.357 e. The molecule has 0 radical (unpaired) electrons. The second-order valence-electron chi connectivity index (χ2n) is 9.11. The zero-order chi connectivity index (χ0) is 26.8. The van der Waals surface area contributed by atoms with Gasteiger partial charge in [0.15, 0.2) is 16.6 Å². The molecular weight excluding hydrogens is 507 g/mol. The van der Waals surface area contributed by atoms with Crippen molar-refractivity contribution in [2.24, 2.45) is 0 Å². The molecule has 0 saturated carbocycles. The number of hydrogen-bond acceptors (Lipinski definition) is 6. The number of aromatic nitrogens is 4. The van der Waals surface area contributed by atoms with Crippen LogP contribution >= 0.6 is 11.3 Å². The molecule has 1 atom stereocenters. The Morgan fingerprint density at radius 2 is 2.05 bits per heavy atom. The number of H-pyrrole nitrogens is 1. The summed E-state index contributed by atoms with van der Waals surface area (Å²) in [5.41, 5.74) is 3.53. The van der Waals surface area contributed by atoms with E-state index in [-0.39, 0.29) is 42.1 Å². The molecule has 4 heterocycles. The molecule has 3 aromatic heterocycles. The molecule has 0 aliphatic carbocycles. The first-order valence-electron chi connectivity index (χ1n) is 12.0. The maximum atomic E-state index is 13.5. The topological polar surface area (TPSA) is 113 Å². The van der Waals surface area contributed by atoms with Crippen LogP contribution in [0.5, 0.6) is 0 Å². The molecule has 194 valence electrons. The highest BCUT2D eigenvalue weighted by Crippen LogP contribution is 2.32. The molecule has 0 spiro atoms. The van der Waals surface area contributed by atoms with Gasteiger partial charge in [-0.15, -0.1) is 11.3 Å². The molecule has 1 aromatic carbocycles. The Hall–Kier alpha value is -4.38. The maximum Gasteiger partial charge on any atom is 0.278 e. The van der Waals surface area contributed by atoms with Crippen LogP contribution in [0.4, 0.5) is 9.52 Å². The van der Waals surface area contributed by atoms with Gasteiger partial charge in [-0.05, 0) is 35.9 Å². The molecular formula is C27H25FN6O3S. The lowest BCUT2D eigenvalue weighted by atomic mass is 9.95. The number of hydrogen-bond donors (Lipinski definition) is 2. The second kappa shape index (κ2) is 10.5. The highest BCUT2D eigenvalue weighted by Gasteiger charge is 2.34.